The van der Waals surface area contributed by atoms with Gasteiger partial charge in [0.1, 0.15) is 5.54 Å². The maximum Gasteiger partial charge on any atom is 0.393 e. The highest BCUT2D eigenvalue weighted by Gasteiger charge is 2.43. The van der Waals surface area contributed by atoms with Gasteiger partial charge in [0.25, 0.3) is 0 Å². The van der Waals surface area contributed by atoms with Gasteiger partial charge in [0.2, 0.25) is 5.91 Å². The molecule has 0 saturated carbocycles. The number of likely N-dealkylation sites (N-methyl/N-ethyl adjacent to an activating group) is 1. The molecule has 106 valence electrons. The second-order valence-corrected chi connectivity index (χ2v) is 5.06. The van der Waals surface area contributed by atoms with Crippen LogP contribution in [0.3, 0.4) is 0 Å². The van der Waals surface area contributed by atoms with Crippen molar-refractivity contribution in [2.45, 2.75) is 31.5 Å². The van der Waals surface area contributed by atoms with Crippen LogP contribution in [0, 0.1) is 5.92 Å². The van der Waals surface area contributed by atoms with E-state index in [1.54, 1.807) is 18.9 Å². The zero-order chi connectivity index (χ0) is 14.0. The van der Waals surface area contributed by atoms with E-state index in [4.69, 9.17) is 5.73 Å². The first kappa shape index (κ1) is 15.2. The number of nitrogens with two attached hydrogens (primary N) is 1. The molecule has 2 atom stereocenters. The molecule has 0 spiro atoms. The maximum atomic E-state index is 12.7. The molecule has 1 amide bonds. The van der Waals surface area contributed by atoms with Crippen molar-refractivity contribution >= 4 is 5.91 Å². The van der Waals surface area contributed by atoms with Gasteiger partial charge in [0, 0.05) is 13.1 Å². The van der Waals surface area contributed by atoms with Crippen molar-refractivity contribution in [3.8, 4) is 0 Å². The van der Waals surface area contributed by atoms with E-state index in [1.165, 1.54) is 0 Å². The van der Waals surface area contributed by atoms with Gasteiger partial charge in [-0.25, -0.2) is 0 Å². The number of carbonyl (C=O) groups is 1. The molecule has 0 aromatic heterocycles. The third-order valence-corrected chi connectivity index (χ3v) is 3.60. The van der Waals surface area contributed by atoms with Crippen LogP contribution in [0.2, 0.25) is 0 Å². The number of likely N-dealkylation sites (tertiary alicyclic amines) is 1. The number of amides is 1. The van der Waals surface area contributed by atoms with Crippen molar-refractivity contribution in [3.05, 3.63) is 0 Å². The molecule has 2 unspecified atom stereocenters. The summed E-state index contributed by atoms with van der Waals surface area (Å²) in [6.45, 7) is 2.31. The van der Waals surface area contributed by atoms with E-state index in [1.807, 2.05) is 0 Å². The monoisotopic (exact) mass is 267 g/mol. The summed E-state index contributed by atoms with van der Waals surface area (Å²) in [5.74, 6) is -1.86. The highest BCUT2D eigenvalue weighted by molar-refractivity contribution is 5.84. The van der Waals surface area contributed by atoms with E-state index in [2.05, 4.69) is 5.32 Å². The van der Waals surface area contributed by atoms with Gasteiger partial charge in [0.15, 0.2) is 0 Å². The van der Waals surface area contributed by atoms with E-state index in [9.17, 15) is 18.0 Å². The Labute approximate surface area is 105 Å². The summed E-state index contributed by atoms with van der Waals surface area (Å²) in [6.07, 6.45) is -3.52. The lowest BCUT2D eigenvalue weighted by molar-refractivity contribution is -0.187. The predicted molar refractivity (Wildman–Crippen MR) is 61.9 cm³/mol. The summed E-state index contributed by atoms with van der Waals surface area (Å²) in [4.78, 5) is 13.0. The molecule has 1 saturated heterocycles. The molecular weight excluding hydrogens is 247 g/mol. The molecule has 7 heteroatoms. The number of hydrogen-bond donors (Lipinski definition) is 2. The highest BCUT2D eigenvalue weighted by atomic mass is 19.4. The molecule has 0 aromatic carbocycles. The van der Waals surface area contributed by atoms with Gasteiger partial charge >= 0.3 is 6.18 Å². The normalized spacial score (nSPS) is 25.7. The molecular formula is C11H20F3N3O. The van der Waals surface area contributed by atoms with Crippen LogP contribution in [0.1, 0.15) is 19.8 Å². The molecule has 1 fully saturated rings. The minimum Gasteiger partial charge on any atom is -0.368 e. The molecule has 4 nitrogen and oxygen atoms in total. The number of alkyl halides is 3. The summed E-state index contributed by atoms with van der Waals surface area (Å²) in [7, 11) is 1.58. The lowest BCUT2D eigenvalue weighted by Crippen LogP contribution is -2.59. The van der Waals surface area contributed by atoms with Crippen LogP contribution < -0.4 is 11.1 Å². The van der Waals surface area contributed by atoms with Crippen LogP contribution in [0.25, 0.3) is 0 Å². The van der Waals surface area contributed by atoms with E-state index in [0.717, 1.165) is 0 Å². The highest BCUT2D eigenvalue weighted by Crippen LogP contribution is 2.33. The molecule has 0 radical (unpaired) electrons. The first-order valence-corrected chi connectivity index (χ1v) is 5.97. The fourth-order valence-electron chi connectivity index (χ4n) is 2.19. The minimum atomic E-state index is -4.17. The van der Waals surface area contributed by atoms with Gasteiger partial charge in [-0.2, -0.15) is 13.2 Å². The van der Waals surface area contributed by atoms with Crippen molar-refractivity contribution < 1.29 is 18.0 Å². The second-order valence-electron chi connectivity index (χ2n) is 5.06. The Balaban J connectivity index is 2.65. The fourth-order valence-corrected chi connectivity index (χ4v) is 2.19. The van der Waals surface area contributed by atoms with Gasteiger partial charge in [-0.15, -0.1) is 0 Å². The SMILES string of the molecule is CNC(C)(CN1CCCC(C(F)(F)F)C1)C(N)=O. The summed E-state index contributed by atoms with van der Waals surface area (Å²) in [5.41, 5.74) is 4.28. The van der Waals surface area contributed by atoms with Gasteiger partial charge in [0.05, 0.1) is 5.92 Å². The number of halogens is 3. The van der Waals surface area contributed by atoms with Crippen LogP contribution in [0.15, 0.2) is 0 Å². The third kappa shape index (κ3) is 3.58. The largest absolute Gasteiger partial charge is 0.393 e. The summed E-state index contributed by atoms with van der Waals surface area (Å²) >= 11 is 0. The van der Waals surface area contributed by atoms with E-state index >= 15 is 0 Å². The van der Waals surface area contributed by atoms with E-state index in [0.29, 0.717) is 13.0 Å². The predicted octanol–water partition coefficient (Wildman–Crippen LogP) is 0.724. The van der Waals surface area contributed by atoms with Crippen LogP contribution in [-0.2, 0) is 4.79 Å². The quantitative estimate of drug-likeness (QED) is 0.789. The standard InChI is InChI=1S/C11H20F3N3O/c1-10(16-2,9(15)18)7-17-5-3-4-8(6-17)11(12,13)14/h8,16H,3-7H2,1-2H3,(H2,15,18). The van der Waals surface area contributed by atoms with Gasteiger partial charge in [-0.3, -0.25) is 4.79 Å². The van der Waals surface area contributed by atoms with Gasteiger partial charge < -0.3 is 16.0 Å². The minimum absolute atomic E-state index is 0.0615. The zero-order valence-electron chi connectivity index (χ0n) is 10.7. The van der Waals surface area contributed by atoms with Crippen molar-refractivity contribution in [2.24, 2.45) is 11.7 Å². The summed E-state index contributed by atoms with van der Waals surface area (Å²) < 4.78 is 38.0. The maximum absolute atomic E-state index is 12.7. The third-order valence-electron chi connectivity index (χ3n) is 3.60. The number of carbonyl (C=O) groups excluding carboxylic acids is 1. The van der Waals surface area contributed by atoms with Crippen LogP contribution >= 0.6 is 0 Å². The topological polar surface area (TPSA) is 58.4 Å². The van der Waals surface area contributed by atoms with E-state index in [-0.39, 0.29) is 19.5 Å². The van der Waals surface area contributed by atoms with Gasteiger partial charge in [-0.05, 0) is 33.4 Å². The first-order valence-electron chi connectivity index (χ1n) is 5.97. The Morgan fingerprint density at radius 1 is 1.50 bits per heavy atom. The Bertz CT molecular complexity index is 308. The van der Waals surface area contributed by atoms with Crippen LogP contribution in [0.5, 0.6) is 0 Å². The van der Waals surface area contributed by atoms with E-state index < -0.39 is 23.5 Å². The molecule has 18 heavy (non-hydrogen) atoms. The molecule has 1 aliphatic heterocycles. The van der Waals surface area contributed by atoms with Crippen LogP contribution in [-0.4, -0.2) is 49.2 Å². The summed E-state index contributed by atoms with van der Waals surface area (Å²) in [5, 5.41) is 2.78. The van der Waals surface area contributed by atoms with Crippen LogP contribution in [0.4, 0.5) is 13.2 Å². The number of primary amides is 1. The summed E-state index contributed by atoms with van der Waals surface area (Å²) in [6, 6.07) is 0. The molecule has 0 aromatic rings. The van der Waals surface area contributed by atoms with Crippen molar-refractivity contribution in [2.75, 3.05) is 26.7 Å². The zero-order valence-corrected chi connectivity index (χ0v) is 10.7. The molecule has 1 aliphatic rings. The lowest BCUT2D eigenvalue weighted by Gasteiger charge is -2.38. The van der Waals surface area contributed by atoms with Crippen molar-refractivity contribution in [1.29, 1.82) is 0 Å². The number of hydrogen-bond acceptors (Lipinski definition) is 3. The molecule has 0 aliphatic carbocycles. The smallest absolute Gasteiger partial charge is 0.368 e. The van der Waals surface area contributed by atoms with Crippen molar-refractivity contribution in [1.82, 2.24) is 10.2 Å². The Kier molecular flexibility index (Phi) is 4.61. The Morgan fingerprint density at radius 3 is 2.56 bits per heavy atom. The van der Waals surface area contributed by atoms with Crippen molar-refractivity contribution in [3.63, 3.8) is 0 Å². The van der Waals surface area contributed by atoms with Gasteiger partial charge in [-0.1, -0.05) is 0 Å². The average Bonchev–Trinajstić information content (AvgIpc) is 2.28. The average molecular weight is 267 g/mol. The Hall–Kier alpha value is -0.820. The number of rotatable bonds is 4. The number of nitrogens with zero attached hydrogens (tertiary/aromatic N) is 1. The fraction of sp³-hybridized carbons (Fsp3) is 0.909. The lowest BCUT2D eigenvalue weighted by atomic mass is 9.94. The first-order chi connectivity index (χ1) is 8.19. The molecule has 1 rings (SSSR count). The second kappa shape index (κ2) is 5.44. The Morgan fingerprint density at radius 2 is 2.11 bits per heavy atom. The molecule has 3 N–H and O–H groups in total. The number of nitrogens with one attached hydrogen (secondary N) is 1. The molecule has 0 bridgehead atoms. The molecule has 1 heterocycles. The number of piperidine rings is 1.